The van der Waals surface area contributed by atoms with E-state index in [4.69, 9.17) is 0 Å². The van der Waals surface area contributed by atoms with Crippen molar-refractivity contribution in [2.24, 2.45) is 0 Å². The van der Waals surface area contributed by atoms with Gasteiger partial charge in [-0.2, -0.15) is 26.3 Å². The second kappa shape index (κ2) is 9.19. The van der Waals surface area contributed by atoms with E-state index in [-0.39, 0.29) is 0 Å². The second-order valence-corrected chi connectivity index (χ2v) is 10.8. The number of hydrogen-bond donors (Lipinski definition) is 0. The molecule has 0 saturated carbocycles. The maximum Gasteiger partial charge on any atom is 0.416 e. The minimum Gasteiger partial charge on any atom is -0.166 e. The van der Waals surface area contributed by atoms with E-state index in [1.807, 2.05) is 57.3 Å². The third-order valence-corrected chi connectivity index (χ3v) is 7.80. The van der Waals surface area contributed by atoms with Crippen LogP contribution in [0.25, 0.3) is 22.3 Å². The number of halogens is 10. The lowest BCUT2D eigenvalue weighted by Crippen LogP contribution is -2.06. The van der Waals surface area contributed by atoms with E-state index in [1.54, 1.807) is 0 Å². The fourth-order valence-electron chi connectivity index (χ4n) is 2.78. The van der Waals surface area contributed by atoms with Crippen molar-refractivity contribution in [3.8, 4) is 22.3 Å². The topological polar surface area (TPSA) is 0 Å². The van der Waals surface area contributed by atoms with E-state index in [2.05, 4.69) is 45.2 Å². The third kappa shape index (κ3) is 5.38. The first-order chi connectivity index (χ1) is 13.8. The molecule has 0 aromatic heterocycles. The lowest BCUT2D eigenvalue weighted by Gasteiger charge is -2.15. The predicted molar refractivity (Wildman–Crippen MR) is 138 cm³/mol. The summed E-state index contributed by atoms with van der Waals surface area (Å²) in [7, 11) is 0. The zero-order chi connectivity index (χ0) is 22.4. The van der Waals surface area contributed by atoms with Crippen LogP contribution in [0.3, 0.4) is 0 Å². The van der Waals surface area contributed by atoms with Crippen LogP contribution in [0.2, 0.25) is 0 Å². The van der Waals surface area contributed by atoms with E-state index < -0.39 is 23.5 Å². The third-order valence-electron chi connectivity index (χ3n) is 4.23. The molecule has 0 radical (unpaired) electrons. The highest BCUT2D eigenvalue weighted by molar-refractivity contribution is 14.1. The van der Waals surface area contributed by atoms with Gasteiger partial charge in [0.25, 0.3) is 0 Å². The Hall–Kier alpha value is 0.160. The van der Waals surface area contributed by atoms with Crippen molar-refractivity contribution in [3.05, 3.63) is 73.9 Å². The molecular formula is C20H8F6I4. The normalized spacial score (nSPS) is 12.3. The van der Waals surface area contributed by atoms with E-state index in [1.165, 1.54) is 12.1 Å². The molecule has 3 aromatic rings. The highest BCUT2D eigenvalue weighted by Gasteiger charge is 2.32. The average Bonchev–Trinajstić information content (AvgIpc) is 2.62. The number of benzene rings is 3. The molecule has 3 rings (SSSR count). The van der Waals surface area contributed by atoms with Crippen molar-refractivity contribution in [1.29, 1.82) is 0 Å². The standard InChI is InChI=1S/C20H8F6I4/c21-19(22,23)9-1-3-11(15(27)5-9)13-7-18(30)14(8-17(13)29)12-4-2-10(6-16(12)28)20(24,25)26/h1-8H. The average molecular weight is 870 g/mol. The minimum atomic E-state index is -4.41. The molecule has 30 heavy (non-hydrogen) atoms. The summed E-state index contributed by atoms with van der Waals surface area (Å²) in [6, 6.07) is 10.9. The van der Waals surface area contributed by atoms with Gasteiger partial charge < -0.3 is 0 Å². The molecular weight excluding hydrogens is 862 g/mol. The summed E-state index contributed by atoms with van der Waals surface area (Å²) < 4.78 is 80.2. The SMILES string of the molecule is FC(F)(F)c1ccc(-c2cc(I)c(-c3ccc(C(F)(F)F)cc3I)cc2I)c(I)c1. The Balaban J connectivity index is 2.08. The zero-order valence-electron chi connectivity index (χ0n) is 14.4. The lowest BCUT2D eigenvalue weighted by atomic mass is 9.99. The number of alkyl halides is 6. The number of rotatable bonds is 2. The van der Waals surface area contributed by atoms with Crippen molar-refractivity contribution in [2.75, 3.05) is 0 Å². The Bertz CT molecular complexity index is 1030. The summed E-state index contributed by atoms with van der Waals surface area (Å²) >= 11 is 7.95. The first-order valence-corrected chi connectivity index (χ1v) is 12.3. The van der Waals surface area contributed by atoms with Crippen LogP contribution in [-0.2, 0) is 12.4 Å². The van der Waals surface area contributed by atoms with Crippen LogP contribution in [-0.4, -0.2) is 0 Å². The lowest BCUT2D eigenvalue weighted by molar-refractivity contribution is -0.138. The molecule has 0 aliphatic heterocycles. The van der Waals surface area contributed by atoms with Crippen LogP contribution in [0.4, 0.5) is 26.3 Å². The molecule has 0 unspecified atom stereocenters. The Morgan fingerprint density at radius 1 is 0.433 bits per heavy atom. The summed E-state index contributed by atoms with van der Waals surface area (Å²) in [5.74, 6) is 0. The van der Waals surface area contributed by atoms with Crippen LogP contribution < -0.4 is 0 Å². The van der Waals surface area contributed by atoms with Gasteiger partial charge in [-0.3, -0.25) is 0 Å². The number of hydrogen-bond acceptors (Lipinski definition) is 0. The summed E-state index contributed by atoms with van der Waals surface area (Å²) in [5.41, 5.74) is 1.44. The molecule has 3 aromatic carbocycles. The quantitative estimate of drug-likeness (QED) is 0.178. The Morgan fingerprint density at radius 3 is 1.00 bits per heavy atom. The Labute approximate surface area is 222 Å². The summed E-state index contributed by atoms with van der Waals surface area (Å²) in [6.45, 7) is 0. The predicted octanol–water partition coefficient (Wildman–Crippen LogP) is 9.48. The van der Waals surface area contributed by atoms with Gasteiger partial charge in [0.05, 0.1) is 11.1 Å². The second-order valence-electron chi connectivity index (χ2n) is 6.20. The van der Waals surface area contributed by atoms with Gasteiger partial charge in [0, 0.05) is 14.3 Å². The van der Waals surface area contributed by atoms with Crippen molar-refractivity contribution < 1.29 is 26.3 Å². The summed E-state index contributed by atoms with van der Waals surface area (Å²) in [6.07, 6.45) is -8.83. The van der Waals surface area contributed by atoms with E-state index in [9.17, 15) is 26.3 Å². The van der Waals surface area contributed by atoms with Crippen molar-refractivity contribution in [2.45, 2.75) is 12.4 Å². The first-order valence-electron chi connectivity index (χ1n) is 8.02. The Morgan fingerprint density at radius 2 is 0.733 bits per heavy atom. The zero-order valence-corrected chi connectivity index (χ0v) is 23.0. The van der Waals surface area contributed by atoms with Gasteiger partial charge in [-0.05, 0) is 149 Å². The summed E-state index contributed by atoms with van der Waals surface area (Å²) in [5, 5.41) is 0. The molecule has 0 nitrogen and oxygen atoms in total. The van der Waals surface area contributed by atoms with Crippen LogP contribution in [0.1, 0.15) is 11.1 Å². The summed E-state index contributed by atoms with van der Waals surface area (Å²) in [4.78, 5) is 0. The smallest absolute Gasteiger partial charge is 0.166 e. The molecule has 158 valence electrons. The molecule has 0 N–H and O–H groups in total. The molecule has 10 heteroatoms. The fourth-order valence-corrected chi connectivity index (χ4v) is 5.91. The van der Waals surface area contributed by atoms with Gasteiger partial charge in [-0.1, -0.05) is 12.1 Å². The van der Waals surface area contributed by atoms with E-state index in [0.29, 0.717) is 18.3 Å². The largest absolute Gasteiger partial charge is 0.416 e. The highest BCUT2D eigenvalue weighted by atomic mass is 127. The van der Waals surface area contributed by atoms with Crippen LogP contribution in [0.5, 0.6) is 0 Å². The maximum absolute atomic E-state index is 12.9. The van der Waals surface area contributed by atoms with E-state index in [0.717, 1.165) is 42.5 Å². The molecule has 0 aliphatic rings. The fraction of sp³-hybridized carbons (Fsp3) is 0.100. The van der Waals surface area contributed by atoms with Crippen molar-refractivity contribution in [3.63, 3.8) is 0 Å². The molecule has 0 aliphatic carbocycles. The molecule has 0 heterocycles. The molecule has 0 saturated heterocycles. The van der Waals surface area contributed by atoms with Crippen LogP contribution >= 0.6 is 90.4 Å². The van der Waals surface area contributed by atoms with E-state index >= 15 is 0 Å². The molecule has 0 bridgehead atoms. The monoisotopic (exact) mass is 870 g/mol. The van der Waals surface area contributed by atoms with Crippen LogP contribution in [0.15, 0.2) is 48.5 Å². The van der Waals surface area contributed by atoms with Gasteiger partial charge in [0.2, 0.25) is 0 Å². The van der Waals surface area contributed by atoms with Crippen molar-refractivity contribution in [1.82, 2.24) is 0 Å². The molecule has 0 spiro atoms. The molecule has 0 fully saturated rings. The maximum atomic E-state index is 12.9. The first kappa shape index (κ1) is 24.8. The van der Waals surface area contributed by atoms with Gasteiger partial charge in [-0.15, -0.1) is 0 Å². The Kier molecular flexibility index (Phi) is 7.60. The van der Waals surface area contributed by atoms with Gasteiger partial charge in [0.1, 0.15) is 0 Å². The highest BCUT2D eigenvalue weighted by Crippen LogP contribution is 2.40. The minimum absolute atomic E-state index is 0.466. The van der Waals surface area contributed by atoms with Gasteiger partial charge >= 0.3 is 12.4 Å². The van der Waals surface area contributed by atoms with Gasteiger partial charge in [-0.25, -0.2) is 0 Å². The van der Waals surface area contributed by atoms with Gasteiger partial charge in [0.15, 0.2) is 0 Å². The molecule has 0 amide bonds. The van der Waals surface area contributed by atoms with Crippen LogP contribution in [0, 0.1) is 14.3 Å². The molecule has 0 atom stereocenters. The van der Waals surface area contributed by atoms with Crippen molar-refractivity contribution >= 4 is 90.4 Å².